The summed E-state index contributed by atoms with van der Waals surface area (Å²) >= 11 is 0. The van der Waals surface area contributed by atoms with Crippen molar-refractivity contribution in [2.24, 2.45) is 5.84 Å². The molecule has 2 rings (SSSR count). The molecule has 1 atom stereocenters. The highest BCUT2D eigenvalue weighted by atomic mass is 15.2. The van der Waals surface area contributed by atoms with Gasteiger partial charge in [0.25, 0.3) is 0 Å². The number of nitrogens with zero attached hydrogens (tertiary/aromatic N) is 2. The van der Waals surface area contributed by atoms with E-state index >= 15 is 0 Å². The molecule has 0 saturated carbocycles. The second-order valence-corrected chi connectivity index (χ2v) is 4.02. The number of nitrogens with one attached hydrogen (secondary N) is 1. The highest BCUT2D eigenvalue weighted by molar-refractivity contribution is 5.38. The summed E-state index contributed by atoms with van der Waals surface area (Å²) in [5, 5.41) is 0. The SMILES string of the molecule is Cc1cccc(C(NN)c2ccncn2)c1C. The Morgan fingerprint density at radius 3 is 2.71 bits per heavy atom. The van der Waals surface area contributed by atoms with Crippen LogP contribution in [-0.2, 0) is 0 Å². The van der Waals surface area contributed by atoms with Crippen LogP contribution in [0.2, 0.25) is 0 Å². The van der Waals surface area contributed by atoms with Gasteiger partial charge < -0.3 is 0 Å². The quantitative estimate of drug-likeness (QED) is 0.619. The van der Waals surface area contributed by atoms with Gasteiger partial charge in [0.1, 0.15) is 6.33 Å². The Kier molecular flexibility index (Phi) is 3.46. The van der Waals surface area contributed by atoms with Gasteiger partial charge in [0, 0.05) is 6.20 Å². The van der Waals surface area contributed by atoms with E-state index in [2.05, 4.69) is 41.4 Å². The molecule has 4 nitrogen and oxygen atoms in total. The van der Waals surface area contributed by atoms with Crippen LogP contribution in [0.15, 0.2) is 36.8 Å². The highest BCUT2D eigenvalue weighted by Crippen LogP contribution is 2.24. The Labute approximate surface area is 101 Å². The maximum Gasteiger partial charge on any atom is 0.115 e. The number of aromatic nitrogens is 2. The Morgan fingerprint density at radius 2 is 2.06 bits per heavy atom. The van der Waals surface area contributed by atoms with E-state index in [-0.39, 0.29) is 6.04 Å². The molecule has 0 aliphatic rings. The highest BCUT2D eigenvalue weighted by Gasteiger charge is 2.16. The summed E-state index contributed by atoms with van der Waals surface area (Å²) in [7, 11) is 0. The molecule has 0 fully saturated rings. The normalized spacial score (nSPS) is 12.4. The summed E-state index contributed by atoms with van der Waals surface area (Å²) in [5.41, 5.74) is 7.31. The molecule has 88 valence electrons. The lowest BCUT2D eigenvalue weighted by molar-refractivity contribution is 0.615. The Morgan fingerprint density at radius 1 is 1.24 bits per heavy atom. The van der Waals surface area contributed by atoms with Crippen LogP contribution in [0.3, 0.4) is 0 Å². The van der Waals surface area contributed by atoms with E-state index < -0.39 is 0 Å². The summed E-state index contributed by atoms with van der Waals surface area (Å²) < 4.78 is 0. The maximum atomic E-state index is 5.65. The number of nitrogens with two attached hydrogens (primary N) is 1. The average molecular weight is 228 g/mol. The van der Waals surface area contributed by atoms with Crippen molar-refractivity contribution in [2.45, 2.75) is 19.9 Å². The van der Waals surface area contributed by atoms with E-state index in [0.717, 1.165) is 11.3 Å². The minimum Gasteiger partial charge on any atom is -0.271 e. The topological polar surface area (TPSA) is 63.8 Å². The van der Waals surface area contributed by atoms with Crippen molar-refractivity contribution in [3.8, 4) is 0 Å². The van der Waals surface area contributed by atoms with Gasteiger partial charge in [-0.25, -0.2) is 15.4 Å². The molecule has 1 heterocycles. The second-order valence-electron chi connectivity index (χ2n) is 4.02. The van der Waals surface area contributed by atoms with Gasteiger partial charge in [0.15, 0.2) is 0 Å². The molecule has 0 radical (unpaired) electrons. The number of hydrazine groups is 1. The lowest BCUT2D eigenvalue weighted by atomic mass is 9.96. The van der Waals surface area contributed by atoms with Crippen LogP contribution in [0.5, 0.6) is 0 Å². The number of hydrogen-bond acceptors (Lipinski definition) is 4. The molecule has 0 bridgehead atoms. The molecule has 4 heteroatoms. The summed E-state index contributed by atoms with van der Waals surface area (Å²) in [6, 6.07) is 7.95. The van der Waals surface area contributed by atoms with Crippen LogP contribution in [0, 0.1) is 13.8 Å². The Balaban J connectivity index is 2.46. The average Bonchev–Trinajstić information content (AvgIpc) is 2.37. The van der Waals surface area contributed by atoms with Crippen LogP contribution in [0.4, 0.5) is 0 Å². The van der Waals surface area contributed by atoms with Gasteiger partial charge in [-0.3, -0.25) is 5.84 Å². The Hall–Kier alpha value is -1.78. The van der Waals surface area contributed by atoms with E-state index in [1.807, 2.05) is 12.1 Å². The predicted molar refractivity (Wildman–Crippen MR) is 67.1 cm³/mol. The summed E-state index contributed by atoms with van der Waals surface area (Å²) in [6.45, 7) is 4.18. The third-order valence-electron chi connectivity index (χ3n) is 3.02. The number of hydrogen-bond donors (Lipinski definition) is 2. The van der Waals surface area contributed by atoms with Crippen LogP contribution >= 0.6 is 0 Å². The van der Waals surface area contributed by atoms with Crippen molar-refractivity contribution < 1.29 is 0 Å². The van der Waals surface area contributed by atoms with Crippen LogP contribution in [0.1, 0.15) is 28.4 Å². The third kappa shape index (κ3) is 2.33. The molecule has 0 spiro atoms. The molecule has 2 aromatic rings. The van der Waals surface area contributed by atoms with Gasteiger partial charge in [-0.2, -0.15) is 0 Å². The molecule has 1 aromatic heterocycles. The summed E-state index contributed by atoms with van der Waals surface area (Å²) in [6.07, 6.45) is 3.25. The largest absolute Gasteiger partial charge is 0.271 e. The second kappa shape index (κ2) is 5.03. The van der Waals surface area contributed by atoms with Crippen molar-refractivity contribution in [3.05, 3.63) is 59.2 Å². The van der Waals surface area contributed by atoms with Crippen LogP contribution in [0.25, 0.3) is 0 Å². The standard InChI is InChI=1S/C13H16N4/c1-9-4-3-5-11(10(9)2)13(17-14)12-6-7-15-8-16-12/h3-8,13,17H,14H2,1-2H3. The molecule has 0 saturated heterocycles. The van der Waals surface area contributed by atoms with Crippen molar-refractivity contribution >= 4 is 0 Å². The number of benzene rings is 1. The molecule has 0 aliphatic heterocycles. The monoisotopic (exact) mass is 228 g/mol. The number of rotatable bonds is 3. The van der Waals surface area contributed by atoms with E-state index in [0.29, 0.717) is 0 Å². The van der Waals surface area contributed by atoms with Crippen LogP contribution < -0.4 is 11.3 Å². The van der Waals surface area contributed by atoms with E-state index in [1.54, 1.807) is 6.20 Å². The van der Waals surface area contributed by atoms with Crippen molar-refractivity contribution in [3.63, 3.8) is 0 Å². The zero-order valence-electron chi connectivity index (χ0n) is 10.0. The zero-order chi connectivity index (χ0) is 12.3. The minimum absolute atomic E-state index is 0.0992. The zero-order valence-corrected chi connectivity index (χ0v) is 10.0. The van der Waals surface area contributed by atoms with E-state index in [9.17, 15) is 0 Å². The molecular weight excluding hydrogens is 212 g/mol. The molecular formula is C13H16N4. The van der Waals surface area contributed by atoms with Crippen molar-refractivity contribution in [1.29, 1.82) is 0 Å². The van der Waals surface area contributed by atoms with Crippen molar-refractivity contribution in [1.82, 2.24) is 15.4 Å². The molecule has 17 heavy (non-hydrogen) atoms. The van der Waals surface area contributed by atoms with Gasteiger partial charge in [-0.1, -0.05) is 18.2 Å². The Bertz CT molecular complexity index is 496. The third-order valence-corrected chi connectivity index (χ3v) is 3.02. The summed E-state index contributed by atoms with van der Waals surface area (Å²) in [5.74, 6) is 5.65. The lowest BCUT2D eigenvalue weighted by Gasteiger charge is -2.18. The molecule has 0 amide bonds. The smallest absolute Gasteiger partial charge is 0.115 e. The first-order valence-electron chi connectivity index (χ1n) is 5.52. The first kappa shape index (κ1) is 11.7. The fraction of sp³-hybridized carbons (Fsp3) is 0.231. The maximum absolute atomic E-state index is 5.65. The summed E-state index contributed by atoms with van der Waals surface area (Å²) in [4.78, 5) is 8.16. The van der Waals surface area contributed by atoms with Gasteiger partial charge in [-0.15, -0.1) is 0 Å². The first-order valence-corrected chi connectivity index (χ1v) is 5.52. The minimum atomic E-state index is -0.0992. The van der Waals surface area contributed by atoms with Gasteiger partial charge in [-0.05, 0) is 36.6 Å². The van der Waals surface area contributed by atoms with Crippen molar-refractivity contribution in [2.75, 3.05) is 0 Å². The molecule has 1 aromatic carbocycles. The van der Waals surface area contributed by atoms with Gasteiger partial charge >= 0.3 is 0 Å². The number of aryl methyl sites for hydroxylation is 1. The van der Waals surface area contributed by atoms with E-state index in [4.69, 9.17) is 5.84 Å². The lowest BCUT2D eigenvalue weighted by Crippen LogP contribution is -2.30. The fourth-order valence-corrected chi connectivity index (χ4v) is 1.89. The molecule has 0 aliphatic carbocycles. The molecule has 1 unspecified atom stereocenters. The van der Waals surface area contributed by atoms with Gasteiger partial charge in [0.2, 0.25) is 0 Å². The fourth-order valence-electron chi connectivity index (χ4n) is 1.89. The van der Waals surface area contributed by atoms with Crippen LogP contribution in [-0.4, -0.2) is 9.97 Å². The van der Waals surface area contributed by atoms with E-state index in [1.165, 1.54) is 17.5 Å². The predicted octanol–water partition coefficient (Wildman–Crippen LogP) is 1.65. The van der Waals surface area contributed by atoms with Gasteiger partial charge in [0.05, 0.1) is 11.7 Å². The molecule has 3 N–H and O–H groups in total. The first-order chi connectivity index (χ1) is 8.24.